The maximum Gasteiger partial charge on any atom is 0.168 e. The van der Waals surface area contributed by atoms with Crippen LogP contribution in [0.1, 0.15) is 52.0 Å². The Balaban J connectivity index is 2.13. The molecule has 21 heavy (non-hydrogen) atoms. The van der Waals surface area contributed by atoms with E-state index in [1.807, 2.05) is 31.2 Å². The summed E-state index contributed by atoms with van der Waals surface area (Å²) in [6.07, 6.45) is 4.13. The second-order valence-electron chi connectivity index (χ2n) is 6.82. The van der Waals surface area contributed by atoms with Gasteiger partial charge in [-0.1, -0.05) is 37.6 Å². The number of carbonyl (C=O) groups excluding carboxylic acids is 1. The number of benzene rings is 1. The highest BCUT2D eigenvalue weighted by molar-refractivity contribution is 6.30. The fourth-order valence-corrected chi connectivity index (χ4v) is 3.32. The van der Waals surface area contributed by atoms with Crippen molar-refractivity contribution in [2.75, 3.05) is 6.61 Å². The van der Waals surface area contributed by atoms with Crippen molar-refractivity contribution in [1.29, 1.82) is 0 Å². The number of rotatable bonds is 5. The Kier molecular flexibility index (Phi) is 5.11. The molecule has 2 rings (SSSR count). The average Bonchev–Trinajstić information content (AvgIpc) is 2.41. The number of halogens is 1. The molecule has 0 saturated heterocycles. The summed E-state index contributed by atoms with van der Waals surface area (Å²) in [7, 11) is 0. The summed E-state index contributed by atoms with van der Waals surface area (Å²) >= 11 is 6.00. The second kappa shape index (κ2) is 6.50. The largest absolute Gasteiger partial charge is 0.367 e. The monoisotopic (exact) mass is 308 g/mol. The standard InChI is InChI=1S/C18H25ClO2/c1-4-21-18(10-8-17(2,3)9-11-18)16(20)13-14-6-5-7-15(19)12-14/h5-7,12H,4,8-11,13H2,1-3H3. The van der Waals surface area contributed by atoms with Crippen molar-refractivity contribution in [2.45, 2.75) is 58.5 Å². The van der Waals surface area contributed by atoms with E-state index in [0.29, 0.717) is 23.5 Å². The molecule has 0 amide bonds. The molecule has 0 bridgehead atoms. The highest BCUT2D eigenvalue weighted by Gasteiger charge is 2.44. The Bertz CT molecular complexity index is 498. The van der Waals surface area contributed by atoms with Gasteiger partial charge in [-0.2, -0.15) is 0 Å². The molecule has 2 nitrogen and oxygen atoms in total. The van der Waals surface area contributed by atoms with Gasteiger partial charge >= 0.3 is 0 Å². The van der Waals surface area contributed by atoms with Crippen LogP contribution in [0, 0.1) is 5.41 Å². The van der Waals surface area contributed by atoms with Crippen LogP contribution >= 0.6 is 11.6 Å². The minimum Gasteiger partial charge on any atom is -0.367 e. The van der Waals surface area contributed by atoms with Crippen molar-refractivity contribution >= 4 is 17.4 Å². The van der Waals surface area contributed by atoms with E-state index in [1.165, 1.54) is 0 Å². The van der Waals surface area contributed by atoms with Gasteiger partial charge in [0.05, 0.1) is 0 Å². The zero-order valence-corrected chi connectivity index (χ0v) is 14.0. The first-order valence-corrected chi connectivity index (χ1v) is 8.16. The van der Waals surface area contributed by atoms with Crippen LogP contribution in [0.2, 0.25) is 5.02 Å². The second-order valence-corrected chi connectivity index (χ2v) is 7.26. The molecule has 0 atom stereocenters. The first kappa shape index (κ1) is 16.5. The van der Waals surface area contributed by atoms with Crippen LogP contribution in [0.5, 0.6) is 0 Å². The lowest BCUT2D eigenvalue weighted by Crippen LogP contribution is -2.47. The van der Waals surface area contributed by atoms with Crippen LogP contribution in [0.15, 0.2) is 24.3 Å². The fraction of sp³-hybridized carbons (Fsp3) is 0.611. The molecule has 1 aliphatic carbocycles. The lowest BCUT2D eigenvalue weighted by molar-refractivity contribution is -0.151. The molecule has 1 fully saturated rings. The summed E-state index contributed by atoms with van der Waals surface area (Å²) < 4.78 is 5.95. The fourth-order valence-electron chi connectivity index (χ4n) is 3.10. The van der Waals surface area contributed by atoms with Gasteiger partial charge in [0.15, 0.2) is 5.78 Å². The van der Waals surface area contributed by atoms with Crippen LogP contribution in [0.3, 0.4) is 0 Å². The highest BCUT2D eigenvalue weighted by atomic mass is 35.5. The smallest absolute Gasteiger partial charge is 0.168 e. The van der Waals surface area contributed by atoms with E-state index >= 15 is 0 Å². The molecule has 0 heterocycles. The molecule has 1 aromatic carbocycles. The molecule has 0 aliphatic heterocycles. The van der Waals surface area contributed by atoms with Gasteiger partial charge in [-0.25, -0.2) is 0 Å². The minimum absolute atomic E-state index is 0.196. The Labute approximate surface area is 132 Å². The number of hydrogen-bond acceptors (Lipinski definition) is 2. The Morgan fingerprint density at radius 1 is 1.24 bits per heavy atom. The van der Waals surface area contributed by atoms with Gasteiger partial charge < -0.3 is 4.74 Å². The lowest BCUT2D eigenvalue weighted by Gasteiger charge is -2.42. The Hall–Kier alpha value is -0.860. The van der Waals surface area contributed by atoms with E-state index in [9.17, 15) is 4.79 Å². The highest BCUT2D eigenvalue weighted by Crippen LogP contribution is 2.42. The van der Waals surface area contributed by atoms with E-state index in [-0.39, 0.29) is 5.78 Å². The predicted octanol–water partition coefficient (Wildman–Crippen LogP) is 4.83. The zero-order chi connectivity index (χ0) is 15.5. The molecular weight excluding hydrogens is 284 g/mol. The summed E-state index contributed by atoms with van der Waals surface area (Å²) in [5.41, 5.74) is 0.695. The zero-order valence-electron chi connectivity index (χ0n) is 13.2. The SMILES string of the molecule is CCOC1(C(=O)Cc2cccc(Cl)c2)CCC(C)(C)CC1. The normalized spacial score (nSPS) is 20.2. The molecule has 0 N–H and O–H groups in total. The molecule has 0 unspecified atom stereocenters. The molecule has 1 aliphatic rings. The van der Waals surface area contributed by atoms with Crippen molar-refractivity contribution in [3.63, 3.8) is 0 Å². The minimum atomic E-state index is -0.591. The lowest BCUT2D eigenvalue weighted by atomic mass is 9.69. The van der Waals surface area contributed by atoms with Crippen LogP contribution < -0.4 is 0 Å². The molecule has 0 radical (unpaired) electrons. The van der Waals surface area contributed by atoms with Gasteiger partial charge in [0, 0.05) is 18.1 Å². The number of hydrogen-bond donors (Lipinski definition) is 0. The summed E-state index contributed by atoms with van der Waals surface area (Å²) in [6.45, 7) is 7.09. The number of Topliss-reactive ketones (excluding diaryl/α,β-unsaturated/α-hetero) is 1. The maximum absolute atomic E-state index is 12.8. The van der Waals surface area contributed by atoms with Crippen LogP contribution in [-0.2, 0) is 16.0 Å². The van der Waals surface area contributed by atoms with Crippen molar-refractivity contribution < 1.29 is 9.53 Å². The number of ketones is 1. The van der Waals surface area contributed by atoms with Crippen molar-refractivity contribution in [1.82, 2.24) is 0 Å². The molecule has 116 valence electrons. The predicted molar refractivity (Wildman–Crippen MR) is 86.8 cm³/mol. The van der Waals surface area contributed by atoms with E-state index in [4.69, 9.17) is 16.3 Å². The Morgan fingerprint density at radius 2 is 1.90 bits per heavy atom. The van der Waals surface area contributed by atoms with Crippen LogP contribution in [0.4, 0.5) is 0 Å². The van der Waals surface area contributed by atoms with Gasteiger partial charge in [-0.3, -0.25) is 4.79 Å². The van der Waals surface area contributed by atoms with Gasteiger partial charge in [0.1, 0.15) is 5.60 Å². The van der Waals surface area contributed by atoms with Crippen molar-refractivity contribution in [3.05, 3.63) is 34.9 Å². The Morgan fingerprint density at radius 3 is 2.48 bits per heavy atom. The van der Waals surface area contributed by atoms with Gasteiger partial charge in [-0.15, -0.1) is 0 Å². The van der Waals surface area contributed by atoms with Crippen LogP contribution in [0.25, 0.3) is 0 Å². The molecule has 1 saturated carbocycles. The van der Waals surface area contributed by atoms with Crippen molar-refractivity contribution in [3.8, 4) is 0 Å². The third-order valence-corrected chi connectivity index (χ3v) is 4.83. The summed E-state index contributed by atoms with van der Waals surface area (Å²) in [4.78, 5) is 12.8. The first-order chi connectivity index (χ1) is 9.87. The third kappa shape index (κ3) is 4.08. The quantitative estimate of drug-likeness (QED) is 0.779. The first-order valence-electron chi connectivity index (χ1n) is 7.79. The number of ether oxygens (including phenoxy) is 1. The van der Waals surface area contributed by atoms with E-state index in [0.717, 1.165) is 31.2 Å². The van der Waals surface area contributed by atoms with E-state index in [2.05, 4.69) is 13.8 Å². The maximum atomic E-state index is 12.8. The van der Waals surface area contributed by atoms with E-state index in [1.54, 1.807) is 0 Å². The summed E-state index contributed by atoms with van der Waals surface area (Å²) in [5.74, 6) is 0.196. The van der Waals surface area contributed by atoms with E-state index < -0.39 is 5.60 Å². The summed E-state index contributed by atoms with van der Waals surface area (Å²) in [6, 6.07) is 7.54. The molecular formula is C18H25ClO2. The third-order valence-electron chi connectivity index (χ3n) is 4.59. The van der Waals surface area contributed by atoms with Crippen molar-refractivity contribution in [2.24, 2.45) is 5.41 Å². The average molecular weight is 309 g/mol. The molecule has 3 heteroatoms. The van der Waals surface area contributed by atoms with Gasteiger partial charge in [0.25, 0.3) is 0 Å². The van der Waals surface area contributed by atoms with Gasteiger partial charge in [0.2, 0.25) is 0 Å². The molecule has 0 aromatic heterocycles. The topological polar surface area (TPSA) is 26.3 Å². The molecule has 1 aromatic rings. The molecule has 0 spiro atoms. The number of carbonyl (C=O) groups is 1. The van der Waals surface area contributed by atoms with Crippen LogP contribution in [-0.4, -0.2) is 18.0 Å². The summed E-state index contributed by atoms with van der Waals surface area (Å²) in [5, 5.41) is 0.676. The van der Waals surface area contributed by atoms with Gasteiger partial charge in [-0.05, 0) is 55.7 Å².